The van der Waals surface area contributed by atoms with Crippen molar-refractivity contribution in [1.82, 2.24) is 5.32 Å². The average Bonchev–Trinajstić information content (AvgIpc) is 2.68. The third-order valence-corrected chi connectivity index (χ3v) is 5.52. The average molecular weight is 296 g/mol. The summed E-state index contributed by atoms with van der Waals surface area (Å²) in [7, 11) is 0. The first-order chi connectivity index (χ1) is 9.79. The molecule has 0 aliphatic heterocycles. The maximum atomic E-state index is 12.2. The first-order valence-electron chi connectivity index (χ1n) is 8.55. The van der Waals surface area contributed by atoms with Gasteiger partial charge in [0.15, 0.2) is 0 Å². The summed E-state index contributed by atoms with van der Waals surface area (Å²) in [6.07, 6.45) is 6.17. The van der Waals surface area contributed by atoms with Gasteiger partial charge < -0.3 is 15.8 Å². The fourth-order valence-corrected chi connectivity index (χ4v) is 3.99. The van der Waals surface area contributed by atoms with Crippen LogP contribution in [0.5, 0.6) is 0 Å². The van der Waals surface area contributed by atoms with E-state index in [1.165, 1.54) is 6.42 Å². The normalized spacial score (nSPS) is 40.3. The molecule has 4 heteroatoms. The van der Waals surface area contributed by atoms with E-state index in [0.717, 1.165) is 32.1 Å². The summed E-state index contributed by atoms with van der Waals surface area (Å²) in [5.74, 6) is 1.69. The molecule has 2 rings (SSSR count). The Balaban J connectivity index is 1.91. The Hall–Kier alpha value is -0.770. The van der Waals surface area contributed by atoms with Crippen molar-refractivity contribution in [3.05, 3.63) is 0 Å². The molecule has 122 valence electrons. The molecule has 2 aliphatic carbocycles. The third kappa shape index (κ3) is 4.12. The van der Waals surface area contributed by atoms with Gasteiger partial charge in [-0.15, -0.1) is 0 Å². The first-order valence-corrected chi connectivity index (χ1v) is 8.55. The second-order valence-electron chi connectivity index (χ2n) is 7.86. The Bertz CT molecular complexity index is 368. The van der Waals surface area contributed by atoms with Gasteiger partial charge in [0.2, 0.25) is 0 Å². The van der Waals surface area contributed by atoms with Crippen molar-refractivity contribution in [2.24, 2.45) is 23.5 Å². The van der Waals surface area contributed by atoms with Gasteiger partial charge in [0.25, 0.3) is 0 Å². The molecule has 5 atom stereocenters. The Labute approximate surface area is 129 Å². The van der Waals surface area contributed by atoms with Crippen LogP contribution in [0, 0.1) is 17.8 Å². The minimum atomic E-state index is -0.295. The lowest BCUT2D eigenvalue weighted by Crippen LogP contribution is -2.53. The molecule has 0 aromatic rings. The molecule has 0 aromatic heterocycles. The highest BCUT2D eigenvalue weighted by Crippen LogP contribution is 2.35. The van der Waals surface area contributed by atoms with Crippen LogP contribution in [0.1, 0.15) is 66.2 Å². The summed E-state index contributed by atoms with van der Waals surface area (Å²) in [5.41, 5.74) is 5.94. The standard InChI is InChI=1S/C17H32N2O2/c1-11(2)13-8-7-12(3)10-14(13)21-16(20)19-15-6-5-9-17(15,4)18/h11-15H,5-10,18H2,1-4H3,(H,19,20)/t12-,13?,14?,15-,17+/m1/s1. The molecule has 1 amide bonds. The number of hydrogen-bond donors (Lipinski definition) is 2. The molecule has 4 nitrogen and oxygen atoms in total. The number of carbonyl (C=O) groups excluding carboxylic acids is 1. The largest absolute Gasteiger partial charge is 0.446 e. The van der Waals surface area contributed by atoms with Crippen LogP contribution in [0.3, 0.4) is 0 Å². The number of hydrogen-bond acceptors (Lipinski definition) is 3. The third-order valence-electron chi connectivity index (χ3n) is 5.52. The minimum Gasteiger partial charge on any atom is -0.446 e. The summed E-state index contributed by atoms with van der Waals surface area (Å²) in [4.78, 5) is 12.2. The monoisotopic (exact) mass is 296 g/mol. The quantitative estimate of drug-likeness (QED) is 0.838. The van der Waals surface area contributed by atoms with Gasteiger partial charge in [-0.25, -0.2) is 4.79 Å². The summed E-state index contributed by atoms with van der Waals surface area (Å²) in [6.45, 7) is 8.72. The molecule has 2 aliphatic rings. The van der Waals surface area contributed by atoms with E-state index in [2.05, 4.69) is 26.1 Å². The van der Waals surface area contributed by atoms with Gasteiger partial charge in [-0.3, -0.25) is 0 Å². The summed E-state index contributed by atoms with van der Waals surface area (Å²) in [6, 6.07) is 0.0449. The van der Waals surface area contributed by atoms with Gasteiger partial charge in [0, 0.05) is 11.6 Å². The zero-order valence-electron chi connectivity index (χ0n) is 14.0. The molecule has 0 saturated heterocycles. The number of nitrogens with one attached hydrogen (secondary N) is 1. The van der Waals surface area contributed by atoms with Crippen molar-refractivity contribution in [2.45, 2.75) is 83.9 Å². The highest BCUT2D eigenvalue weighted by molar-refractivity contribution is 5.68. The molecular formula is C17H32N2O2. The van der Waals surface area contributed by atoms with Crippen molar-refractivity contribution in [3.8, 4) is 0 Å². The van der Waals surface area contributed by atoms with Gasteiger partial charge >= 0.3 is 6.09 Å². The van der Waals surface area contributed by atoms with E-state index in [0.29, 0.717) is 17.8 Å². The van der Waals surface area contributed by atoms with Crippen LogP contribution in [-0.4, -0.2) is 23.8 Å². The zero-order valence-corrected chi connectivity index (χ0v) is 14.0. The smallest absolute Gasteiger partial charge is 0.407 e. The highest BCUT2D eigenvalue weighted by Gasteiger charge is 2.38. The molecule has 0 aromatic carbocycles. The topological polar surface area (TPSA) is 64.3 Å². The van der Waals surface area contributed by atoms with Crippen LogP contribution >= 0.6 is 0 Å². The lowest BCUT2D eigenvalue weighted by Gasteiger charge is -2.37. The van der Waals surface area contributed by atoms with Gasteiger partial charge in [-0.05, 0) is 56.8 Å². The maximum Gasteiger partial charge on any atom is 0.407 e. The van der Waals surface area contributed by atoms with Gasteiger partial charge in [0.1, 0.15) is 6.10 Å². The predicted octanol–water partition coefficient (Wildman–Crippen LogP) is 3.44. The lowest BCUT2D eigenvalue weighted by atomic mass is 9.75. The van der Waals surface area contributed by atoms with Crippen LogP contribution < -0.4 is 11.1 Å². The predicted molar refractivity (Wildman–Crippen MR) is 85.0 cm³/mol. The van der Waals surface area contributed by atoms with Crippen LogP contribution in [0.4, 0.5) is 4.79 Å². The number of ether oxygens (including phenoxy) is 1. The molecule has 0 bridgehead atoms. The first kappa shape index (κ1) is 16.6. The van der Waals surface area contributed by atoms with Crippen molar-refractivity contribution >= 4 is 6.09 Å². The fraction of sp³-hybridized carbons (Fsp3) is 0.941. The molecule has 21 heavy (non-hydrogen) atoms. The molecule has 0 spiro atoms. The van der Waals surface area contributed by atoms with E-state index in [1.54, 1.807) is 0 Å². The number of rotatable bonds is 3. The van der Waals surface area contributed by atoms with E-state index in [1.807, 2.05) is 6.92 Å². The maximum absolute atomic E-state index is 12.2. The van der Waals surface area contributed by atoms with E-state index in [9.17, 15) is 4.79 Å². The molecule has 2 saturated carbocycles. The van der Waals surface area contributed by atoms with E-state index in [4.69, 9.17) is 10.5 Å². The van der Waals surface area contributed by atoms with Gasteiger partial charge in [-0.2, -0.15) is 0 Å². The van der Waals surface area contributed by atoms with Gasteiger partial charge in [0.05, 0.1) is 0 Å². The van der Waals surface area contributed by atoms with Crippen molar-refractivity contribution in [3.63, 3.8) is 0 Å². The van der Waals surface area contributed by atoms with Crippen LogP contribution in [0.2, 0.25) is 0 Å². The van der Waals surface area contributed by atoms with Gasteiger partial charge in [-0.1, -0.05) is 27.2 Å². The fourth-order valence-electron chi connectivity index (χ4n) is 3.99. The number of carbonyl (C=O) groups is 1. The van der Waals surface area contributed by atoms with Crippen LogP contribution in [0.15, 0.2) is 0 Å². The van der Waals surface area contributed by atoms with Crippen molar-refractivity contribution in [1.29, 1.82) is 0 Å². The van der Waals surface area contributed by atoms with E-state index >= 15 is 0 Å². The lowest BCUT2D eigenvalue weighted by molar-refractivity contribution is 0.00424. The Morgan fingerprint density at radius 2 is 2.05 bits per heavy atom. The highest BCUT2D eigenvalue weighted by atomic mass is 16.6. The molecule has 3 N–H and O–H groups in total. The number of nitrogens with two attached hydrogens (primary N) is 1. The minimum absolute atomic E-state index is 0.0449. The van der Waals surface area contributed by atoms with Crippen LogP contribution in [-0.2, 0) is 4.74 Å². The Morgan fingerprint density at radius 3 is 2.62 bits per heavy atom. The van der Waals surface area contributed by atoms with E-state index in [-0.39, 0.29) is 23.8 Å². The molecule has 0 radical (unpaired) electrons. The van der Waals surface area contributed by atoms with Crippen molar-refractivity contribution < 1.29 is 9.53 Å². The zero-order chi connectivity index (χ0) is 15.6. The Kier molecular flexibility index (Phi) is 5.18. The summed E-state index contributed by atoms with van der Waals surface area (Å²) >= 11 is 0. The summed E-state index contributed by atoms with van der Waals surface area (Å²) < 4.78 is 5.79. The molecule has 2 fully saturated rings. The number of alkyl carbamates (subject to hydrolysis) is 1. The molecule has 0 heterocycles. The summed E-state index contributed by atoms with van der Waals surface area (Å²) in [5, 5.41) is 3.00. The van der Waals surface area contributed by atoms with E-state index < -0.39 is 0 Å². The second kappa shape index (κ2) is 6.55. The molecular weight excluding hydrogens is 264 g/mol. The molecule has 2 unspecified atom stereocenters. The van der Waals surface area contributed by atoms with Crippen molar-refractivity contribution in [2.75, 3.05) is 0 Å². The van der Waals surface area contributed by atoms with Crippen LogP contribution in [0.25, 0.3) is 0 Å². The SMILES string of the molecule is CC(C)C1CC[C@@H](C)CC1OC(=O)N[C@@H]1CCC[C@]1(C)N. The second-order valence-corrected chi connectivity index (χ2v) is 7.86. The Morgan fingerprint density at radius 1 is 1.33 bits per heavy atom. The number of amides is 1.